The molecule has 0 aliphatic heterocycles. The SMILES string of the molecule is Brc1ccccc1.Cc1ccc(S(=O)(=O)c2ccc(Br)cc2)cc1.O=S(=O)(Cl)c1ccc(Br)cc1. The van der Waals surface area contributed by atoms with E-state index < -0.39 is 18.9 Å². The lowest BCUT2D eigenvalue weighted by Gasteiger charge is -2.05. The van der Waals surface area contributed by atoms with Gasteiger partial charge in [0.2, 0.25) is 9.84 Å². The molecule has 10 heteroatoms. The van der Waals surface area contributed by atoms with Crippen LogP contribution in [0.5, 0.6) is 0 Å². The van der Waals surface area contributed by atoms with Crippen LogP contribution in [0.25, 0.3) is 0 Å². The molecule has 0 fully saturated rings. The molecule has 0 heterocycles. The number of benzene rings is 4. The number of rotatable bonds is 3. The molecule has 4 rings (SSSR count). The van der Waals surface area contributed by atoms with Gasteiger partial charge < -0.3 is 0 Å². The average Bonchev–Trinajstić information content (AvgIpc) is 2.81. The molecule has 0 aliphatic carbocycles. The third kappa shape index (κ3) is 10.2. The summed E-state index contributed by atoms with van der Waals surface area (Å²) in [5, 5.41) is 0. The maximum Gasteiger partial charge on any atom is 0.261 e. The molecular weight excluding hydrogens is 704 g/mol. The minimum atomic E-state index is -3.57. The summed E-state index contributed by atoms with van der Waals surface area (Å²) in [6.07, 6.45) is 0. The molecule has 0 aromatic heterocycles. The third-order valence-corrected chi connectivity index (χ3v) is 9.02. The zero-order chi connectivity index (χ0) is 26.1. The molecule has 0 bridgehead atoms. The Labute approximate surface area is 236 Å². The molecule has 0 atom stereocenters. The van der Waals surface area contributed by atoms with E-state index in [1.165, 1.54) is 12.1 Å². The molecule has 0 saturated heterocycles. The molecule has 35 heavy (non-hydrogen) atoms. The summed E-state index contributed by atoms with van der Waals surface area (Å²) in [7, 11) is -1.89. The first kappa shape index (κ1) is 29.7. The van der Waals surface area contributed by atoms with Crippen LogP contribution in [-0.2, 0) is 18.9 Å². The van der Waals surface area contributed by atoms with E-state index in [4.69, 9.17) is 10.7 Å². The quantitative estimate of drug-likeness (QED) is 0.199. The van der Waals surface area contributed by atoms with E-state index >= 15 is 0 Å². The summed E-state index contributed by atoms with van der Waals surface area (Å²) in [4.78, 5) is 0.748. The van der Waals surface area contributed by atoms with Gasteiger partial charge in [0.25, 0.3) is 9.05 Å². The minimum absolute atomic E-state index is 0.113. The molecule has 4 nitrogen and oxygen atoms in total. The Bertz CT molecular complexity index is 1370. The first-order chi connectivity index (χ1) is 16.4. The molecule has 184 valence electrons. The van der Waals surface area contributed by atoms with E-state index in [0.717, 1.165) is 19.0 Å². The first-order valence-electron chi connectivity index (χ1n) is 9.88. The standard InChI is InChI=1S/C13H11BrO2S.C6H4BrClO2S.C6H5Br/c1-10-2-6-12(7-3-10)17(15,16)13-8-4-11(14)5-9-13;7-5-1-3-6(4-2-5)11(8,9)10;7-6-4-2-1-3-5-6/h2-9H,1H3;1-4H;1-5H. The Balaban J connectivity index is 0.000000205. The fourth-order valence-electron chi connectivity index (χ4n) is 2.48. The van der Waals surface area contributed by atoms with Crippen molar-refractivity contribution in [3.8, 4) is 0 Å². The second-order valence-electron chi connectivity index (χ2n) is 6.96. The van der Waals surface area contributed by atoms with Crippen LogP contribution in [0.1, 0.15) is 5.56 Å². The van der Waals surface area contributed by atoms with E-state index in [2.05, 4.69) is 47.8 Å². The van der Waals surface area contributed by atoms with Gasteiger partial charge in [0.15, 0.2) is 0 Å². The van der Waals surface area contributed by atoms with Gasteiger partial charge in [-0.25, -0.2) is 16.8 Å². The monoisotopic (exact) mass is 720 g/mol. The van der Waals surface area contributed by atoms with Gasteiger partial charge >= 0.3 is 0 Å². The van der Waals surface area contributed by atoms with Crippen molar-refractivity contribution in [1.29, 1.82) is 0 Å². The molecule has 4 aromatic rings. The fraction of sp³-hybridized carbons (Fsp3) is 0.0400. The van der Waals surface area contributed by atoms with Gasteiger partial charge in [0.05, 0.1) is 14.7 Å². The fourth-order valence-corrected chi connectivity index (χ4v) is 5.34. The van der Waals surface area contributed by atoms with Crippen LogP contribution in [0.2, 0.25) is 0 Å². The van der Waals surface area contributed by atoms with Crippen molar-refractivity contribution in [2.45, 2.75) is 21.6 Å². The van der Waals surface area contributed by atoms with Crippen LogP contribution in [0.4, 0.5) is 0 Å². The Morgan fingerprint density at radius 1 is 0.514 bits per heavy atom. The summed E-state index contributed by atoms with van der Waals surface area (Å²) in [6.45, 7) is 1.93. The molecule has 0 radical (unpaired) electrons. The predicted molar refractivity (Wildman–Crippen MR) is 152 cm³/mol. The smallest absolute Gasteiger partial charge is 0.219 e. The molecule has 0 aliphatic rings. The Morgan fingerprint density at radius 2 is 0.857 bits per heavy atom. The summed E-state index contributed by atoms with van der Waals surface area (Å²) in [5.41, 5.74) is 1.04. The van der Waals surface area contributed by atoms with E-state index in [-0.39, 0.29) is 4.90 Å². The highest BCUT2D eigenvalue weighted by Crippen LogP contribution is 2.22. The van der Waals surface area contributed by atoms with Gasteiger partial charge in [-0.1, -0.05) is 83.7 Å². The Morgan fingerprint density at radius 3 is 1.20 bits per heavy atom. The molecular formula is C25H20Br3ClO4S2. The van der Waals surface area contributed by atoms with Crippen molar-refractivity contribution in [1.82, 2.24) is 0 Å². The normalized spacial score (nSPS) is 10.9. The average molecular weight is 724 g/mol. The molecule has 0 amide bonds. The number of hydrogen-bond donors (Lipinski definition) is 0. The van der Waals surface area contributed by atoms with Gasteiger partial charge in [-0.3, -0.25) is 0 Å². The third-order valence-electron chi connectivity index (χ3n) is 4.28. The maximum atomic E-state index is 12.2. The zero-order valence-corrected chi connectivity index (χ0v) is 25.4. The number of halogens is 4. The van der Waals surface area contributed by atoms with Crippen molar-refractivity contribution in [3.05, 3.63) is 122 Å². The molecule has 0 N–H and O–H groups in total. The van der Waals surface area contributed by atoms with Crippen molar-refractivity contribution in [2.75, 3.05) is 0 Å². The summed E-state index contributed by atoms with van der Waals surface area (Å²) in [6, 6.07) is 29.6. The lowest BCUT2D eigenvalue weighted by atomic mass is 10.2. The lowest BCUT2D eigenvalue weighted by Crippen LogP contribution is -2.01. The van der Waals surface area contributed by atoms with Crippen LogP contribution < -0.4 is 0 Å². The zero-order valence-electron chi connectivity index (χ0n) is 18.3. The molecule has 0 spiro atoms. The van der Waals surface area contributed by atoms with Crippen LogP contribution in [-0.4, -0.2) is 16.8 Å². The highest BCUT2D eigenvalue weighted by molar-refractivity contribution is 9.11. The van der Waals surface area contributed by atoms with Crippen molar-refractivity contribution in [2.24, 2.45) is 0 Å². The minimum Gasteiger partial charge on any atom is -0.219 e. The van der Waals surface area contributed by atoms with Gasteiger partial charge in [-0.15, -0.1) is 0 Å². The Kier molecular flexibility index (Phi) is 11.7. The van der Waals surface area contributed by atoms with E-state index in [0.29, 0.717) is 9.79 Å². The number of aryl methyl sites for hydroxylation is 1. The first-order valence-corrected chi connectivity index (χ1v) is 16.0. The van der Waals surface area contributed by atoms with E-state index in [1.54, 1.807) is 60.7 Å². The predicted octanol–water partition coefficient (Wildman–Crippen LogP) is 8.42. The topological polar surface area (TPSA) is 68.3 Å². The highest BCUT2D eigenvalue weighted by Gasteiger charge is 2.16. The maximum absolute atomic E-state index is 12.2. The van der Waals surface area contributed by atoms with E-state index in [9.17, 15) is 16.8 Å². The van der Waals surface area contributed by atoms with Gasteiger partial charge in [0, 0.05) is 24.1 Å². The van der Waals surface area contributed by atoms with Crippen LogP contribution in [0.15, 0.2) is 131 Å². The van der Waals surface area contributed by atoms with Crippen LogP contribution in [0, 0.1) is 6.92 Å². The largest absolute Gasteiger partial charge is 0.261 e. The Hall–Kier alpha value is -1.49. The molecule has 0 unspecified atom stereocenters. The van der Waals surface area contributed by atoms with Crippen LogP contribution >= 0.6 is 58.5 Å². The van der Waals surface area contributed by atoms with Gasteiger partial charge in [0.1, 0.15) is 0 Å². The second kappa shape index (κ2) is 13.7. The van der Waals surface area contributed by atoms with Crippen molar-refractivity contribution < 1.29 is 16.8 Å². The number of hydrogen-bond acceptors (Lipinski definition) is 4. The summed E-state index contributed by atoms with van der Waals surface area (Å²) < 4.78 is 48.7. The van der Waals surface area contributed by atoms with Crippen LogP contribution in [0.3, 0.4) is 0 Å². The second-order valence-corrected chi connectivity index (χ2v) is 14.2. The lowest BCUT2D eigenvalue weighted by molar-refractivity contribution is 0.596. The van der Waals surface area contributed by atoms with Crippen molar-refractivity contribution in [3.63, 3.8) is 0 Å². The molecule has 4 aromatic carbocycles. The number of sulfone groups is 1. The molecule has 0 saturated carbocycles. The summed E-state index contributed by atoms with van der Waals surface area (Å²) in [5.74, 6) is 0. The van der Waals surface area contributed by atoms with E-state index in [1.807, 2.05) is 37.3 Å². The van der Waals surface area contributed by atoms with Crippen molar-refractivity contribution >= 4 is 77.4 Å². The highest BCUT2D eigenvalue weighted by atomic mass is 79.9. The summed E-state index contributed by atoms with van der Waals surface area (Å²) >= 11 is 9.77. The van der Waals surface area contributed by atoms with Gasteiger partial charge in [-0.05, 0) is 79.7 Å². The van der Waals surface area contributed by atoms with Gasteiger partial charge in [-0.2, -0.15) is 0 Å².